The van der Waals surface area contributed by atoms with Crippen LogP contribution in [0.4, 0.5) is 18.9 Å². The Morgan fingerprint density at radius 3 is 2.50 bits per heavy atom. The SMILES string of the molecule is CCc1ccc(C(=O)O)cc1S(=O)(=O)Nc1cc(C(F)(F)F)ccc1-c1nccs1. The number of alkyl halides is 3. The molecule has 6 nitrogen and oxygen atoms in total. The summed E-state index contributed by atoms with van der Waals surface area (Å²) in [6.07, 6.45) is -2.96. The molecule has 3 rings (SSSR count). The molecule has 0 aliphatic carbocycles. The zero-order chi connectivity index (χ0) is 22.1. The number of nitrogens with one attached hydrogen (secondary N) is 1. The predicted molar refractivity (Wildman–Crippen MR) is 106 cm³/mol. The van der Waals surface area contributed by atoms with Gasteiger partial charge in [0, 0.05) is 17.1 Å². The molecule has 0 saturated heterocycles. The molecule has 30 heavy (non-hydrogen) atoms. The number of carbonyl (C=O) groups is 1. The number of sulfonamides is 1. The van der Waals surface area contributed by atoms with Crippen LogP contribution in [0.5, 0.6) is 0 Å². The lowest BCUT2D eigenvalue weighted by molar-refractivity contribution is -0.137. The molecule has 0 fully saturated rings. The summed E-state index contributed by atoms with van der Waals surface area (Å²) < 4.78 is 67.9. The zero-order valence-corrected chi connectivity index (χ0v) is 17.0. The van der Waals surface area contributed by atoms with E-state index in [2.05, 4.69) is 9.71 Å². The lowest BCUT2D eigenvalue weighted by Gasteiger charge is -2.16. The lowest BCUT2D eigenvalue weighted by atomic mass is 10.1. The standard InChI is InChI=1S/C19H15F3N2O4S2/c1-2-11-3-4-12(18(25)26)9-16(11)30(27,28)24-15-10-13(19(20,21)22)5-6-14(15)17-23-7-8-29-17/h3-10,24H,2H2,1H3,(H,25,26). The molecule has 0 saturated carbocycles. The van der Waals surface area contributed by atoms with Crippen molar-refractivity contribution in [1.29, 1.82) is 0 Å². The molecule has 3 aromatic rings. The Hall–Kier alpha value is -2.92. The van der Waals surface area contributed by atoms with Gasteiger partial charge in [-0.05, 0) is 42.3 Å². The first kappa shape index (κ1) is 21.8. The second kappa shape index (κ2) is 8.07. The van der Waals surface area contributed by atoms with Gasteiger partial charge in [-0.3, -0.25) is 4.72 Å². The van der Waals surface area contributed by atoms with Gasteiger partial charge in [0.25, 0.3) is 10.0 Å². The van der Waals surface area contributed by atoms with E-state index < -0.39 is 27.7 Å². The minimum absolute atomic E-state index is 0.175. The number of rotatable bonds is 6. The van der Waals surface area contributed by atoms with Gasteiger partial charge in [0.15, 0.2) is 0 Å². The van der Waals surface area contributed by atoms with Crippen molar-refractivity contribution in [3.63, 3.8) is 0 Å². The molecular weight excluding hydrogens is 441 g/mol. The van der Waals surface area contributed by atoms with E-state index in [1.54, 1.807) is 12.3 Å². The minimum atomic E-state index is -4.68. The molecule has 0 radical (unpaired) electrons. The molecule has 0 aliphatic rings. The summed E-state index contributed by atoms with van der Waals surface area (Å²) >= 11 is 1.13. The van der Waals surface area contributed by atoms with Gasteiger partial charge < -0.3 is 5.11 Å². The molecule has 2 N–H and O–H groups in total. The summed E-state index contributed by atoms with van der Waals surface area (Å²) in [4.78, 5) is 15.0. The second-order valence-corrected chi connectivity index (χ2v) is 8.73. The molecule has 0 unspecified atom stereocenters. The molecule has 11 heteroatoms. The van der Waals surface area contributed by atoms with Crippen LogP contribution in [0.15, 0.2) is 52.9 Å². The van der Waals surface area contributed by atoms with Gasteiger partial charge in [-0.15, -0.1) is 11.3 Å². The van der Waals surface area contributed by atoms with Crippen molar-refractivity contribution in [2.45, 2.75) is 24.4 Å². The quantitative estimate of drug-likeness (QED) is 0.551. The fraction of sp³-hybridized carbons (Fsp3) is 0.158. The lowest BCUT2D eigenvalue weighted by Crippen LogP contribution is -2.17. The maximum Gasteiger partial charge on any atom is 0.416 e. The summed E-state index contributed by atoms with van der Waals surface area (Å²) in [5.41, 5.74) is -1.08. The summed E-state index contributed by atoms with van der Waals surface area (Å²) in [6, 6.07) is 6.31. The highest BCUT2D eigenvalue weighted by molar-refractivity contribution is 7.92. The average molecular weight is 456 g/mol. The van der Waals surface area contributed by atoms with E-state index in [4.69, 9.17) is 0 Å². The van der Waals surface area contributed by atoms with Crippen LogP contribution in [-0.2, 0) is 22.6 Å². The number of hydrogen-bond acceptors (Lipinski definition) is 5. The van der Waals surface area contributed by atoms with Crippen LogP contribution >= 0.6 is 11.3 Å². The summed E-state index contributed by atoms with van der Waals surface area (Å²) in [7, 11) is -4.39. The van der Waals surface area contributed by atoms with Crippen molar-refractivity contribution in [1.82, 2.24) is 4.98 Å². The smallest absolute Gasteiger partial charge is 0.416 e. The van der Waals surface area contributed by atoms with E-state index in [0.717, 1.165) is 29.5 Å². The van der Waals surface area contributed by atoms with Gasteiger partial charge >= 0.3 is 12.1 Å². The topological polar surface area (TPSA) is 96.4 Å². The summed E-state index contributed by atoms with van der Waals surface area (Å²) in [6.45, 7) is 1.68. The van der Waals surface area contributed by atoms with Gasteiger partial charge in [-0.2, -0.15) is 13.2 Å². The van der Waals surface area contributed by atoms with Gasteiger partial charge in [0.05, 0.1) is 21.7 Å². The van der Waals surface area contributed by atoms with Crippen LogP contribution < -0.4 is 4.72 Å². The normalized spacial score (nSPS) is 12.0. The number of aromatic carboxylic acids is 1. The van der Waals surface area contributed by atoms with Crippen molar-refractivity contribution in [3.05, 3.63) is 64.7 Å². The van der Waals surface area contributed by atoms with Crippen molar-refractivity contribution in [2.75, 3.05) is 4.72 Å². The van der Waals surface area contributed by atoms with Gasteiger partial charge in [-0.25, -0.2) is 18.2 Å². The van der Waals surface area contributed by atoms with Gasteiger partial charge in [-0.1, -0.05) is 13.0 Å². The van der Waals surface area contributed by atoms with Gasteiger partial charge in [0.2, 0.25) is 0 Å². The number of thiazole rings is 1. The number of nitrogens with zero attached hydrogens (tertiary/aromatic N) is 1. The average Bonchev–Trinajstić information content (AvgIpc) is 3.20. The fourth-order valence-corrected chi connectivity index (χ4v) is 4.86. The molecule has 0 amide bonds. The zero-order valence-electron chi connectivity index (χ0n) is 15.4. The third-order valence-corrected chi connectivity index (χ3v) is 6.49. The highest BCUT2D eigenvalue weighted by Gasteiger charge is 2.32. The Labute approximate surface area is 174 Å². The van der Waals surface area contributed by atoms with Crippen molar-refractivity contribution in [3.8, 4) is 10.6 Å². The molecule has 0 bridgehead atoms. The van der Waals surface area contributed by atoms with E-state index in [-0.39, 0.29) is 28.1 Å². The monoisotopic (exact) mass is 456 g/mol. The Morgan fingerprint density at radius 2 is 1.93 bits per heavy atom. The maximum atomic E-state index is 13.2. The van der Waals surface area contributed by atoms with Gasteiger partial charge in [0.1, 0.15) is 5.01 Å². The largest absolute Gasteiger partial charge is 0.478 e. The van der Waals surface area contributed by atoms with Crippen molar-refractivity contribution >= 4 is 33.0 Å². The number of aryl methyl sites for hydroxylation is 1. The van der Waals surface area contributed by atoms with Crippen LogP contribution in [0.3, 0.4) is 0 Å². The molecule has 1 heterocycles. The van der Waals surface area contributed by atoms with Crippen molar-refractivity contribution < 1.29 is 31.5 Å². The molecule has 0 atom stereocenters. The highest BCUT2D eigenvalue weighted by Crippen LogP contribution is 2.37. The van der Waals surface area contributed by atoms with Crippen LogP contribution in [-0.4, -0.2) is 24.5 Å². The Balaban J connectivity index is 2.15. The molecular formula is C19H15F3N2O4S2. The van der Waals surface area contributed by atoms with E-state index in [9.17, 15) is 31.5 Å². The minimum Gasteiger partial charge on any atom is -0.478 e. The van der Waals surface area contributed by atoms with Crippen LogP contribution in [0, 0.1) is 0 Å². The van der Waals surface area contributed by atoms with Crippen molar-refractivity contribution in [2.24, 2.45) is 0 Å². The molecule has 2 aromatic carbocycles. The molecule has 158 valence electrons. The van der Waals surface area contributed by atoms with Crippen LogP contribution in [0.25, 0.3) is 10.6 Å². The first-order chi connectivity index (χ1) is 14.0. The van der Waals surface area contributed by atoms with E-state index in [0.29, 0.717) is 16.6 Å². The third-order valence-electron chi connectivity index (χ3n) is 4.24. The maximum absolute atomic E-state index is 13.2. The van der Waals surface area contributed by atoms with Crippen LogP contribution in [0.1, 0.15) is 28.4 Å². The number of benzene rings is 2. The number of carboxylic acids is 1. The number of halogens is 3. The Kier molecular flexibility index (Phi) is 5.86. The molecule has 0 aliphatic heterocycles. The Morgan fingerprint density at radius 1 is 1.20 bits per heavy atom. The number of hydrogen-bond donors (Lipinski definition) is 2. The summed E-state index contributed by atoms with van der Waals surface area (Å²) in [5, 5.41) is 11.1. The molecule has 0 spiro atoms. The van der Waals surface area contributed by atoms with E-state index in [1.165, 1.54) is 18.3 Å². The fourth-order valence-electron chi connectivity index (χ4n) is 2.78. The first-order valence-corrected chi connectivity index (χ1v) is 10.9. The number of aromatic nitrogens is 1. The van der Waals surface area contributed by atoms with E-state index >= 15 is 0 Å². The number of carboxylic acid groups (broad SMARTS) is 1. The second-order valence-electron chi connectivity index (χ2n) is 6.18. The predicted octanol–water partition coefficient (Wildman–Crippen LogP) is 4.89. The first-order valence-electron chi connectivity index (χ1n) is 8.53. The van der Waals surface area contributed by atoms with Crippen LogP contribution in [0.2, 0.25) is 0 Å². The number of anilines is 1. The third kappa shape index (κ3) is 4.46. The molecule has 1 aromatic heterocycles. The Bertz CT molecular complexity index is 1190. The highest BCUT2D eigenvalue weighted by atomic mass is 32.2. The summed E-state index contributed by atoms with van der Waals surface area (Å²) in [5.74, 6) is -1.32. The van der Waals surface area contributed by atoms with E-state index in [1.807, 2.05) is 0 Å².